The Bertz CT molecular complexity index is 789. The highest BCUT2D eigenvalue weighted by atomic mass is 19.4. The maximum atomic E-state index is 12.9. The summed E-state index contributed by atoms with van der Waals surface area (Å²) in [6.45, 7) is 1.07. The van der Waals surface area contributed by atoms with Crippen molar-refractivity contribution in [2.24, 2.45) is 4.99 Å². The molecule has 2 aliphatic rings. The number of amidine groups is 1. The summed E-state index contributed by atoms with van der Waals surface area (Å²) in [4.78, 5) is 25.8. The lowest BCUT2D eigenvalue weighted by atomic mass is 10.2. The molecule has 0 saturated carbocycles. The molecule has 3 rings (SSSR count). The van der Waals surface area contributed by atoms with E-state index in [1.165, 1.54) is 29.7 Å². The lowest BCUT2D eigenvalue weighted by Gasteiger charge is -2.28. The van der Waals surface area contributed by atoms with E-state index >= 15 is 0 Å². The molecule has 0 unspecified atom stereocenters. The van der Waals surface area contributed by atoms with E-state index in [9.17, 15) is 18.0 Å². The molecule has 0 atom stereocenters. The number of aliphatic imine (C=N–C) groups is 1. The number of anilines is 1. The van der Waals surface area contributed by atoms with Crippen LogP contribution in [-0.2, 0) is 4.79 Å². The number of halogens is 3. The monoisotopic (exact) mass is 381 g/mol. The lowest BCUT2D eigenvalue weighted by Crippen LogP contribution is -2.40. The normalized spacial score (nSPS) is 16.3. The third-order valence-corrected chi connectivity index (χ3v) is 3.78. The zero-order valence-electron chi connectivity index (χ0n) is 14.5. The molecule has 1 amide bonds. The van der Waals surface area contributed by atoms with Crippen molar-refractivity contribution in [1.82, 2.24) is 25.3 Å². The van der Waals surface area contributed by atoms with Gasteiger partial charge in [0.25, 0.3) is 5.91 Å². The first kappa shape index (κ1) is 18.8. The predicted molar refractivity (Wildman–Crippen MR) is 92.0 cm³/mol. The molecule has 0 fully saturated rings. The van der Waals surface area contributed by atoms with Gasteiger partial charge in [-0.05, 0) is 12.5 Å². The first-order valence-electron chi connectivity index (χ1n) is 8.29. The van der Waals surface area contributed by atoms with Gasteiger partial charge < -0.3 is 10.2 Å². The summed E-state index contributed by atoms with van der Waals surface area (Å²) < 4.78 is 38.6. The van der Waals surface area contributed by atoms with E-state index < -0.39 is 18.6 Å². The van der Waals surface area contributed by atoms with Crippen molar-refractivity contribution in [3.8, 4) is 0 Å². The van der Waals surface area contributed by atoms with Gasteiger partial charge in [0.1, 0.15) is 12.4 Å². The molecule has 0 bridgehead atoms. The van der Waals surface area contributed by atoms with Crippen molar-refractivity contribution in [3.63, 3.8) is 0 Å². The van der Waals surface area contributed by atoms with Gasteiger partial charge >= 0.3 is 6.18 Å². The lowest BCUT2D eigenvalue weighted by molar-refractivity contribution is -0.137. The van der Waals surface area contributed by atoms with E-state index in [1.54, 1.807) is 13.1 Å². The Balaban J connectivity index is 1.85. The first-order chi connectivity index (χ1) is 12.9. The maximum absolute atomic E-state index is 12.9. The van der Waals surface area contributed by atoms with Gasteiger partial charge in [-0.2, -0.15) is 13.2 Å². The number of aromatic nitrogens is 2. The van der Waals surface area contributed by atoms with E-state index in [4.69, 9.17) is 0 Å². The summed E-state index contributed by atoms with van der Waals surface area (Å²) in [5.41, 5.74) is 3.24. The van der Waals surface area contributed by atoms with Gasteiger partial charge in [-0.1, -0.05) is 6.92 Å². The fraction of sp³-hybridized carbons (Fsp3) is 0.375. The van der Waals surface area contributed by atoms with E-state index in [0.29, 0.717) is 12.0 Å². The second-order valence-corrected chi connectivity index (χ2v) is 5.87. The van der Waals surface area contributed by atoms with E-state index in [-0.39, 0.29) is 30.6 Å². The Hall–Kier alpha value is -2.95. The van der Waals surface area contributed by atoms with Gasteiger partial charge in [0, 0.05) is 31.7 Å². The molecular weight excluding hydrogens is 363 g/mol. The van der Waals surface area contributed by atoms with Gasteiger partial charge in [-0.15, -0.1) is 0 Å². The fourth-order valence-corrected chi connectivity index (χ4v) is 2.67. The van der Waals surface area contributed by atoms with Crippen molar-refractivity contribution in [2.45, 2.75) is 19.5 Å². The van der Waals surface area contributed by atoms with Crippen molar-refractivity contribution in [1.29, 1.82) is 0 Å². The molecule has 3 heterocycles. The van der Waals surface area contributed by atoms with E-state index in [0.717, 1.165) is 4.90 Å². The van der Waals surface area contributed by atoms with Crippen molar-refractivity contribution < 1.29 is 18.0 Å². The highest BCUT2D eigenvalue weighted by Gasteiger charge is 2.34. The highest BCUT2D eigenvalue weighted by molar-refractivity contribution is 6.05. The number of carbonyl (C=O) groups is 1. The SMILES string of the molecule is CCCN(CC(F)(F)F)C1=NC2=C(C(=O)Nc3cnccn3)CNN2C=C1. The predicted octanol–water partition coefficient (Wildman–Crippen LogP) is 1.65. The molecular formula is C16H18F3N7O. The third-order valence-electron chi connectivity index (χ3n) is 3.78. The van der Waals surface area contributed by atoms with Gasteiger partial charge in [-0.25, -0.2) is 15.4 Å². The molecule has 1 aromatic rings. The third kappa shape index (κ3) is 4.61. The number of amides is 1. The minimum atomic E-state index is -4.35. The Morgan fingerprint density at radius 3 is 2.89 bits per heavy atom. The summed E-state index contributed by atoms with van der Waals surface area (Å²) in [5.74, 6) is 0.247. The van der Waals surface area contributed by atoms with Gasteiger partial charge in [-0.3, -0.25) is 14.8 Å². The second-order valence-electron chi connectivity index (χ2n) is 5.87. The number of hydrogen-bond donors (Lipinski definition) is 2. The number of hydrazine groups is 1. The van der Waals surface area contributed by atoms with Gasteiger partial charge in [0.05, 0.1) is 11.8 Å². The zero-order valence-corrected chi connectivity index (χ0v) is 14.5. The van der Waals surface area contributed by atoms with Crippen LogP contribution in [0.2, 0.25) is 0 Å². The number of nitrogens with zero attached hydrogens (tertiary/aromatic N) is 5. The van der Waals surface area contributed by atoms with Crippen molar-refractivity contribution in [3.05, 3.63) is 42.3 Å². The Morgan fingerprint density at radius 1 is 1.41 bits per heavy atom. The first-order valence-corrected chi connectivity index (χ1v) is 8.29. The number of fused-ring (bicyclic) bond motifs is 1. The molecule has 8 nitrogen and oxygen atoms in total. The smallest absolute Gasteiger partial charge is 0.347 e. The topological polar surface area (TPSA) is 85.8 Å². The minimum absolute atomic E-state index is 0.161. The van der Waals surface area contributed by atoms with Crippen LogP contribution in [0.25, 0.3) is 0 Å². The molecule has 0 spiro atoms. The maximum Gasteiger partial charge on any atom is 0.405 e. The summed E-state index contributed by atoms with van der Waals surface area (Å²) in [6.07, 6.45) is 3.53. The van der Waals surface area contributed by atoms with Crippen LogP contribution in [0.4, 0.5) is 19.0 Å². The van der Waals surface area contributed by atoms with Crippen LogP contribution < -0.4 is 10.7 Å². The quantitative estimate of drug-likeness (QED) is 0.807. The summed E-state index contributed by atoms with van der Waals surface area (Å²) in [6, 6.07) is 0. The molecule has 2 N–H and O–H groups in total. The Labute approximate surface area is 153 Å². The summed E-state index contributed by atoms with van der Waals surface area (Å²) in [5, 5.41) is 4.11. The average molecular weight is 381 g/mol. The molecule has 0 saturated heterocycles. The largest absolute Gasteiger partial charge is 0.405 e. The van der Waals surface area contributed by atoms with E-state index in [1.807, 2.05) is 0 Å². The number of nitrogens with one attached hydrogen (secondary N) is 2. The molecule has 2 aliphatic heterocycles. The molecule has 0 radical (unpaired) electrons. The number of rotatable bonds is 5. The number of carbonyl (C=O) groups excluding carboxylic acids is 1. The number of alkyl halides is 3. The van der Waals surface area contributed by atoms with Crippen molar-refractivity contribution >= 4 is 17.6 Å². The fourth-order valence-electron chi connectivity index (χ4n) is 2.67. The molecule has 1 aromatic heterocycles. The van der Waals surface area contributed by atoms with Crippen molar-refractivity contribution in [2.75, 3.05) is 25.0 Å². The average Bonchev–Trinajstić information content (AvgIpc) is 3.04. The molecule has 0 aliphatic carbocycles. The van der Waals surface area contributed by atoms with Crippen LogP contribution in [0.1, 0.15) is 13.3 Å². The van der Waals surface area contributed by atoms with Crippen LogP contribution in [0, 0.1) is 0 Å². The second kappa shape index (κ2) is 7.74. The van der Waals surface area contributed by atoms with Crippen LogP contribution in [0.15, 0.2) is 47.3 Å². The minimum Gasteiger partial charge on any atom is -0.347 e. The summed E-state index contributed by atoms with van der Waals surface area (Å²) in [7, 11) is 0. The standard InChI is InChI=1S/C16H18F3N7O/c1-2-6-25(10-16(17,18)19)13-3-7-26-14(24-13)11(8-22-26)15(27)23-12-9-20-4-5-21-12/h3-5,7,9,22H,2,6,8,10H2,1H3,(H,21,23,27). The molecule has 0 aromatic carbocycles. The zero-order chi connectivity index (χ0) is 19.4. The molecule has 27 heavy (non-hydrogen) atoms. The van der Waals surface area contributed by atoms with Crippen LogP contribution in [0.3, 0.4) is 0 Å². The molecule has 144 valence electrons. The Kier molecular flexibility index (Phi) is 5.40. The highest BCUT2D eigenvalue weighted by Crippen LogP contribution is 2.24. The van der Waals surface area contributed by atoms with Crippen LogP contribution in [-0.4, -0.2) is 57.4 Å². The van der Waals surface area contributed by atoms with Crippen LogP contribution >= 0.6 is 0 Å². The number of hydrogen-bond acceptors (Lipinski definition) is 7. The molecule has 11 heteroatoms. The van der Waals surface area contributed by atoms with Crippen LogP contribution in [0.5, 0.6) is 0 Å². The summed E-state index contributed by atoms with van der Waals surface area (Å²) >= 11 is 0. The Morgan fingerprint density at radius 2 is 2.22 bits per heavy atom. The van der Waals surface area contributed by atoms with E-state index in [2.05, 4.69) is 25.7 Å². The van der Waals surface area contributed by atoms with Gasteiger partial charge in [0.2, 0.25) is 0 Å². The van der Waals surface area contributed by atoms with Gasteiger partial charge in [0.15, 0.2) is 11.6 Å².